The number of para-hydroxylation sites is 1. The minimum atomic E-state index is -4.20. The monoisotopic (exact) mass is 661 g/mol. The molecule has 2 amide bonds. The molecule has 2 atom stereocenters. The molecular weight excluding hydrogens is 622 g/mol. The van der Waals surface area contributed by atoms with Crippen LogP contribution in [0.5, 0.6) is 11.5 Å². The van der Waals surface area contributed by atoms with Crippen molar-refractivity contribution in [1.29, 1.82) is 0 Å². The van der Waals surface area contributed by atoms with Gasteiger partial charge in [0, 0.05) is 17.6 Å². The number of amides is 2. The Morgan fingerprint density at radius 3 is 2.02 bits per heavy atom. The number of halogens is 1. The molecule has 242 valence electrons. The highest BCUT2D eigenvalue weighted by Crippen LogP contribution is 2.29. The molecule has 1 N–H and O–H groups in total. The fraction of sp³-hybridized carbons (Fsp3) is 0.278. The number of nitrogens with one attached hydrogen (secondary N) is 1. The number of benzene rings is 4. The summed E-state index contributed by atoms with van der Waals surface area (Å²) in [5.74, 6) is 0.315. The first-order chi connectivity index (χ1) is 22.0. The van der Waals surface area contributed by atoms with Crippen LogP contribution < -0.4 is 14.4 Å². The van der Waals surface area contributed by atoms with Crippen molar-refractivity contribution in [3.8, 4) is 11.5 Å². The Hall–Kier alpha value is -4.34. The Labute approximate surface area is 277 Å². The fourth-order valence-corrected chi connectivity index (χ4v) is 6.36. The van der Waals surface area contributed by atoms with Gasteiger partial charge in [0.25, 0.3) is 10.0 Å². The molecule has 0 spiro atoms. The van der Waals surface area contributed by atoms with E-state index in [1.165, 1.54) is 17.0 Å². The molecule has 0 aliphatic rings. The van der Waals surface area contributed by atoms with Gasteiger partial charge in [0.15, 0.2) is 0 Å². The van der Waals surface area contributed by atoms with Crippen LogP contribution in [0.4, 0.5) is 5.69 Å². The molecule has 46 heavy (non-hydrogen) atoms. The molecule has 0 aliphatic heterocycles. The second-order valence-corrected chi connectivity index (χ2v) is 13.4. The van der Waals surface area contributed by atoms with Gasteiger partial charge in [-0.25, -0.2) is 8.42 Å². The SMILES string of the molecule is CC[C@H](C)NC(=O)[C@H](CC)N(Cc1ccc(Cl)cc1)C(=O)CN(c1ccc(Oc2ccccc2)cc1)S(=O)(=O)c1ccc(C)cc1. The lowest BCUT2D eigenvalue weighted by molar-refractivity contribution is -0.140. The van der Waals surface area contributed by atoms with Gasteiger partial charge in [0.1, 0.15) is 24.1 Å². The van der Waals surface area contributed by atoms with Crippen molar-refractivity contribution in [3.05, 3.63) is 119 Å². The molecule has 4 aromatic rings. The van der Waals surface area contributed by atoms with Gasteiger partial charge in [0.05, 0.1) is 10.6 Å². The van der Waals surface area contributed by atoms with Gasteiger partial charge in [-0.15, -0.1) is 0 Å². The largest absolute Gasteiger partial charge is 0.457 e. The molecule has 0 unspecified atom stereocenters. The molecule has 0 fully saturated rings. The molecule has 0 aromatic heterocycles. The van der Waals surface area contributed by atoms with Gasteiger partial charge in [-0.1, -0.05) is 73.5 Å². The van der Waals surface area contributed by atoms with E-state index in [1.807, 2.05) is 58.0 Å². The zero-order valence-electron chi connectivity index (χ0n) is 26.5. The van der Waals surface area contributed by atoms with Crippen molar-refractivity contribution in [2.24, 2.45) is 0 Å². The highest BCUT2D eigenvalue weighted by atomic mass is 35.5. The van der Waals surface area contributed by atoms with E-state index in [1.54, 1.807) is 60.7 Å². The summed E-state index contributed by atoms with van der Waals surface area (Å²) in [5.41, 5.74) is 1.93. The van der Waals surface area contributed by atoms with Crippen LogP contribution in [0.2, 0.25) is 5.02 Å². The Bertz CT molecular complexity index is 1700. The van der Waals surface area contributed by atoms with Gasteiger partial charge >= 0.3 is 0 Å². The van der Waals surface area contributed by atoms with E-state index >= 15 is 0 Å². The standard InChI is InChI=1S/C36H40ClN3O5S/c1-5-27(4)38-36(42)34(6-2)39(24-28-14-16-29(37)17-15-28)35(41)25-40(46(43,44)33-22-12-26(3)13-23-33)30-18-20-32(21-19-30)45-31-10-8-7-9-11-31/h7-23,27,34H,5-6,24-25H2,1-4H3,(H,38,42)/t27-,34-/m0/s1. The van der Waals surface area contributed by atoms with Gasteiger partial charge in [-0.3, -0.25) is 13.9 Å². The van der Waals surface area contributed by atoms with Crippen LogP contribution in [0.3, 0.4) is 0 Å². The second kappa shape index (κ2) is 15.8. The van der Waals surface area contributed by atoms with E-state index in [0.717, 1.165) is 21.9 Å². The number of aryl methyl sites for hydroxylation is 1. The molecule has 8 nitrogen and oxygen atoms in total. The molecular formula is C36H40ClN3O5S. The molecule has 4 rings (SSSR count). The molecule has 0 radical (unpaired) electrons. The quantitative estimate of drug-likeness (QED) is 0.152. The first kappa shape index (κ1) is 34.5. The summed E-state index contributed by atoms with van der Waals surface area (Å²) < 4.78 is 35.3. The average Bonchev–Trinajstić information content (AvgIpc) is 3.05. The number of anilines is 1. The highest BCUT2D eigenvalue weighted by Gasteiger charge is 2.34. The third kappa shape index (κ3) is 8.89. The summed E-state index contributed by atoms with van der Waals surface area (Å²) >= 11 is 6.11. The minimum Gasteiger partial charge on any atom is -0.457 e. The fourth-order valence-electron chi connectivity index (χ4n) is 4.82. The lowest BCUT2D eigenvalue weighted by Crippen LogP contribution is -2.53. The predicted octanol–water partition coefficient (Wildman–Crippen LogP) is 7.36. The van der Waals surface area contributed by atoms with E-state index in [2.05, 4.69) is 5.32 Å². The average molecular weight is 662 g/mol. The summed E-state index contributed by atoms with van der Waals surface area (Å²) in [7, 11) is -4.20. The van der Waals surface area contributed by atoms with Gasteiger partial charge < -0.3 is 15.0 Å². The Kier molecular flexibility index (Phi) is 11.8. The van der Waals surface area contributed by atoms with Crippen molar-refractivity contribution in [1.82, 2.24) is 10.2 Å². The van der Waals surface area contributed by atoms with Crippen molar-refractivity contribution < 1.29 is 22.7 Å². The molecule has 10 heteroatoms. The molecule has 4 aromatic carbocycles. The molecule has 0 saturated heterocycles. The zero-order chi connectivity index (χ0) is 33.3. The van der Waals surface area contributed by atoms with Crippen molar-refractivity contribution in [2.75, 3.05) is 10.8 Å². The number of rotatable bonds is 14. The van der Waals surface area contributed by atoms with Gasteiger partial charge in [-0.2, -0.15) is 0 Å². The first-order valence-corrected chi connectivity index (χ1v) is 17.1. The number of sulfonamides is 1. The maximum absolute atomic E-state index is 14.3. The Balaban J connectivity index is 1.72. The predicted molar refractivity (Wildman–Crippen MR) is 183 cm³/mol. The van der Waals surface area contributed by atoms with Crippen LogP contribution in [0.25, 0.3) is 0 Å². The van der Waals surface area contributed by atoms with Crippen molar-refractivity contribution in [3.63, 3.8) is 0 Å². The van der Waals surface area contributed by atoms with Gasteiger partial charge in [-0.05, 0) is 92.9 Å². The van der Waals surface area contributed by atoms with Crippen LogP contribution in [-0.2, 0) is 26.2 Å². The van der Waals surface area contributed by atoms with Crippen LogP contribution in [0.1, 0.15) is 44.7 Å². The number of carbonyl (C=O) groups is 2. The first-order valence-electron chi connectivity index (χ1n) is 15.3. The molecule has 0 saturated carbocycles. The van der Waals surface area contributed by atoms with Crippen LogP contribution >= 0.6 is 11.6 Å². The maximum Gasteiger partial charge on any atom is 0.264 e. The summed E-state index contributed by atoms with van der Waals surface area (Å²) in [5, 5.41) is 3.52. The zero-order valence-corrected chi connectivity index (χ0v) is 28.1. The van der Waals surface area contributed by atoms with E-state index in [4.69, 9.17) is 16.3 Å². The topological polar surface area (TPSA) is 96.0 Å². The lowest BCUT2D eigenvalue weighted by atomic mass is 10.1. The van der Waals surface area contributed by atoms with Crippen molar-refractivity contribution >= 4 is 39.1 Å². The summed E-state index contributed by atoms with van der Waals surface area (Å²) in [4.78, 5) is 29.2. The smallest absolute Gasteiger partial charge is 0.264 e. The minimum absolute atomic E-state index is 0.0429. The van der Waals surface area contributed by atoms with Crippen LogP contribution in [-0.4, -0.2) is 43.8 Å². The Morgan fingerprint density at radius 1 is 0.826 bits per heavy atom. The summed E-state index contributed by atoms with van der Waals surface area (Å²) in [6.07, 6.45) is 1.05. The molecule has 0 heterocycles. The van der Waals surface area contributed by atoms with Crippen LogP contribution in [0.15, 0.2) is 108 Å². The van der Waals surface area contributed by atoms with Crippen LogP contribution in [0, 0.1) is 6.92 Å². The summed E-state index contributed by atoms with van der Waals surface area (Å²) in [6.45, 7) is 7.12. The third-order valence-corrected chi connectivity index (χ3v) is 9.68. The maximum atomic E-state index is 14.3. The van der Waals surface area contributed by atoms with E-state index in [9.17, 15) is 18.0 Å². The third-order valence-electron chi connectivity index (χ3n) is 7.64. The van der Waals surface area contributed by atoms with Crippen molar-refractivity contribution in [2.45, 2.75) is 64.1 Å². The molecule has 0 aliphatic carbocycles. The lowest BCUT2D eigenvalue weighted by Gasteiger charge is -2.33. The summed E-state index contributed by atoms with van der Waals surface area (Å²) in [6, 6.07) is 28.3. The number of carbonyl (C=O) groups excluding carboxylic acids is 2. The normalized spacial score (nSPS) is 12.5. The molecule has 0 bridgehead atoms. The van der Waals surface area contributed by atoms with E-state index in [0.29, 0.717) is 22.9 Å². The number of hydrogen-bond acceptors (Lipinski definition) is 5. The Morgan fingerprint density at radius 2 is 1.43 bits per heavy atom. The second-order valence-electron chi connectivity index (χ2n) is 11.1. The highest BCUT2D eigenvalue weighted by molar-refractivity contribution is 7.92. The van der Waals surface area contributed by atoms with Gasteiger partial charge in [0.2, 0.25) is 11.8 Å². The van der Waals surface area contributed by atoms with E-state index in [-0.39, 0.29) is 29.1 Å². The number of nitrogens with zero attached hydrogens (tertiary/aromatic N) is 2. The number of hydrogen-bond donors (Lipinski definition) is 1. The van der Waals surface area contributed by atoms with E-state index < -0.39 is 28.5 Å². The number of ether oxygens (including phenoxy) is 1.